The fourth-order valence-electron chi connectivity index (χ4n) is 3.29. The molecular formula is C20H20N6O3. The van der Waals surface area contributed by atoms with Crippen molar-refractivity contribution in [3.63, 3.8) is 0 Å². The summed E-state index contributed by atoms with van der Waals surface area (Å²) in [6.07, 6.45) is 0.185. The molecular weight excluding hydrogens is 372 g/mol. The summed E-state index contributed by atoms with van der Waals surface area (Å²) in [6.45, 7) is 0.520. The van der Waals surface area contributed by atoms with E-state index < -0.39 is 5.92 Å². The number of anilines is 1. The smallest absolute Gasteiger partial charge is 0.227 e. The third kappa shape index (κ3) is 3.93. The van der Waals surface area contributed by atoms with Crippen molar-refractivity contribution in [1.29, 1.82) is 0 Å². The first-order valence-electron chi connectivity index (χ1n) is 9.20. The van der Waals surface area contributed by atoms with Gasteiger partial charge in [0.1, 0.15) is 5.75 Å². The molecule has 0 aliphatic carbocycles. The van der Waals surface area contributed by atoms with E-state index in [9.17, 15) is 9.59 Å². The highest BCUT2D eigenvalue weighted by atomic mass is 16.5. The molecule has 29 heavy (non-hydrogen) atoms. The number of benzene rings is 2. The standard InChI is InChI=1S/C20H20N6O3/c1-29-17-9-7-16(8-10-17)26-18(22-23-24-26)12-21-20(28)14-11-19(27)25(13-14)15-5-3-2-4-6-15/h2-10,14H,11-13H2,1H3,(H,21,28). The lowest BCUT2D eigenvalue weighted by Gasteiger charge is -2.16. The van der Waals surface area contributed by atoms with Crippen molar-refractivity contribution < 1.29 is 14.3 Å². The van der Waals surface area contributed by atoms with Gasteiger partial charge < -0.3 is 15.0 Å². The molecule has 1 aliphatic rings. The first-order chi connectivity index (χ1) is 14.2. The van der Waals surface area contributed by atoms with Crippen LogP contribution in [0.1, 0.15) is 12.2 Å². The molecule has 1 aromatic heterocycles. The minimum absolute atomic E-state index is 0.0561. The Bertz CT molecular complexity index is 1000. The zero-order valence-corrected chi connectivity index (χ0v) is 15.9. The molecule has 1 fully saturated rings. The molecule has 4 rings (SSSR count). The second kappa shape index (κ2) is 8.09. The summed E-state index contributed by atoms with van der Waals surface area (Å²) in [6, 6.07) is 16.6. The number of carbonyl (C=O) groups is 2. The van der Waals surface area contributed by atoms with Crippen LogP contribution in [0.3, 0.4) is 0 Å². The molecule has 1 N–H and O–H groups in total. The number of amides is 2. The van der Waals surface area contributed by atoms with Crippen LogP contribution >= 0.6 is 0 Å². The lowest BCUT2D eigenvalue weighted by Crippen LogP contribution is -2.33. The van der Waals surface area contributed by atoms with E-state index in [1.165, 1.54) is 0 Å². The zero-order valence-electron chi connectivity index (χ0n) is 15.9. The fourth-order valence-corrected chi connectivity index (χ4v) is 3.29. The van der Waals surface area contributed by atoms with Gasteiger partial charge in [-0.3, -0.25) is 9.59 Å². The van der Waals surface area contributed by atoms with Crippen LogP contribution in [0.2, 0.25) is 0 Å². The third-order valence-electron chi connectivity index (χ3n) is 4.84. The second-order valence-electron chi connectivity index (χ2n) is 6.66. The van der Waals surface area contributed by atoms with Crippen LogP contribution in [0, 0.1) is 5.92 Å². The van der Waals surface area contributed by atoms with Gasteiger partial charge in [-0.15, -0.1) is 5.10 Å². The van der Waals surface area contributed by atoms with Gasteiger partial charge >= 0.3 is 0 Å². The number of para-hydroxylation sites is 1. The van der Waals surface area contributed by atoms with Gasteiger partial charge in [0.2, 0.25) is 11.8 Å². The van der Waals surface area contributed by atoms with Gasteiger partial charge in [0.15, 0.2) is 5.82 Å². The molecule has 3 aromatic rings. The maximum absolute atomic E-state index is 12.6. The molecule has 1 saturated heterocycles. The van der Waals surface area contributed by atoms with E-state index in [1.807, 2.05) is 54.6 Å². The largest absolute Gasteiger partial charge is 0.497 e. The number of carbonyl (C=O) groups excluding carboxylic acids is 2. The number of aromatic nitrogens is 4. The van der Waals surface area contributed by atoms with Crippen LogP contribution < -0.4 is 15.0 Å². The summed E-state index contributed by atoms with van der Waals surface area (Å²) in [7, 11) is 1.60. The number of hydrogen-bond acceptors (Lipinski definition) is 6. The lowest BCUT2D eigenvalue weighted by atomic mass is 10.1. The maximum Gasteiger partial charge on any atom is 0.227 e. The Morgan fingerprint density at radius 1 is 1.14 bits per heavy atom. The van der Waals surface area contributed by atoms with Crippen LogP contribution in [0.4, 0.5) is 5.69 Å². The number of hydrogen-bond donors (Lipinski definition) is 1. The van der Waals surface area contributed by atoms with Gasteiger partial charge in [0, 0.05) is 18.7 Å². The van der Waals surface area contributed by atoms with E-state index in [2.05, 4.69) is 20.8 Å². The predicted molar refractivity (Wildman–Crippen MR) is 104 cm³/mol. The minimum atomic E-state index is -0.409. The summed E-state index contributed by atoms with van der Waals surface area (Å²) >= 11 is 0. The molecule has 0 radical (unpaired) electrons. The Morgan fingerprint density at radius 3 is 2.62 bits per heavy atom. The van der Waals surface area contributed by atoms with Crippen molar-refractivity contribution in [1.82, 2.24) is 25.5 Å². The molecule has 0 saturated carbocycles. The number of rotatable bonds is 6. The van der Waals surface area contributed by atoms with Crippen LogP contribution in [0.25, 0.3) is 5.69 Å². The number of nitrogens with zero attached hydrogens (tertiary/aromatic N) is 5. The molecule has 1 aliphatic heterocycles. The summed E-state index contributed by atoms with van der Waals surface area (Å²) in [4.78, 5) is 26.6. The van der Waals surface area contributed by atoms with Gasteiger partial charge in [-0.05, 0) is 46.8 Å². The van der Waals surface area contributed by atoms with Gasteiger partial charge in [-0.2, -0.15) is 4.68 Å². The Morgan fingerprint density at radius 2 is 1.90 bits per heavy atom. The third-order valence-corrected chi connectivity index (χ3v) is 4.84. The number of methoxy groups -OCH3 is 1. The van der Waals surface area contributed by atoms with Crippen molar-refractivity contribution in [2.24, 2.45) is 5.92 Å². The first-order valence-corrected chi connectivity index (χ1v) is 9.20. The van der Waals surface area contributed by atoms with Crippen LogP contribution in [0.15, 0.2) is 54.6 Å². The molecule has 0 bridgehead atoms. The van der Waals surface area contributed by atoms with Crippen LogP contribution in [0.5, 0.6) is 5.75 Å². The average Bonchev–Trinajstić information content (AvgIpc) is 3.39. The molecule has 9 nitrogen and oxygen atoms in total. The predicted octanol–water partition coefficient (Wildman–Crippen LogP) is 1.34. The SMILES string of the molecule is COc1ccc(-n2nnnc2CNC(=O)C2CC(=O)N(c3ccccc3)C2)cc1. The van der Waals surface area contributed by atoms with Crippen molar-refractivity contribution in [2.45, 2.75) is 13.0 Å². The van der Waals surface area contributed by atoms with E-state index in [4.69, 9.17) is 4.74 Å². The summed E-state index contributed by atoms with van der Waals surface area (Å²) in [5.41, 5.74) is 1.56. The zero-order chi connectivity index (χ0) is 20.2. The Hall–Kier alpha value is -3.75. The Labute approximate surface area is 167 Å². The molecule has 2 heterocycles. The van der Waals surface area contributed by atoms with E-state index in [0.29, 0.717) is 12.4 Å². The molecule has 1 atom stereocenters. The topological polar surface area (TPSA) is 102 Å². The van der Waals surface area contributed by atoms with Crippen molar-refractivity contribution in [3.05, 3.63) is 60.4 Å². The van der Waals surface area contributed by atoms with Gasteiger partial charge in [0.05, 0.1) is 25.3 Å². The number of tetrazole rings is 1. The first kappa shape index (κ1) is 18.6. The summed E-state index contributed by atoms with van der Waals surface area (Å²) < 4.78 is 6.70. The monoisotopic (exact) mass is 392 g/mol. The van der Waals surface area contributed by atoms with E-state index in [1.54, 1.807) is 16.7 Å². The van der Waals surface area contributed by atoms with E-state index in [0.717, 1.165) is 17.1 Å². The average molecular weight is 392 g/mol. The van der Waals surface area contributed by atoms with E-state index in [-0.39, 0.29) is 24.8 Å². The fraction of sp³-hybridized carbons (Fsp3) is 0.250. The molecule has 2 aromatic carbocycles. The van der Waals surface area contributed by atoms with Gasteiger partial charge in [0.25, 0.3) is 0 Å². The van der Waals surface area contributed by atoms with Crippen molar-refractivity contribution in [2.75, 3.05) is 18.6 Å². The van der Waals surface area contributed by atoms with Gasteiger partial charge in [-0.1, -0.05) is 18.2 Å². The van der Waals surface area contributed by atoms with Gasteiger partial charge in [-0.25, -0.2) is 0 Å². The highest BCUT2D eigenvalue weighted by Crippen LogP contribution is 2.25. The Kier molecular flexibility index (Phi) is 5.19. The number of ether oxygens (including phenoxy) is 1. The normalized spacial score (nSPS) is 16.1. The minimum Gasteiger partial charge on any atom is -0.497 e. The quantitative estimate of drug-likeness (QED) is 0.679. The van der Waals surface area contributed by atoms with Crippen molar-refractivity contribution in [3.8, 4) is 11.4 Å². The molecule has 148 valence electrons. The van der Waals surface area contributed by atoms with Crippen LogP contribution in [-0.2, 0) is 16.1 Å². The molecule has 2 amide bonds. The Balaban J connectivity index is 1.39. The molecule has 1 unspecified atom stereocenters. The second-order valence-corrected chi connectivity index (χ2v) is 6.66. The molecule has 0 spiro atoms. The highest BCUT2D eigenvalue weighted by molar-refractivity contribution is 6.00. The maximum atomic E-state index is 12.6. The lowest BCUT2D eigenvalue weighted by molar-refractivity contribution is -0.126. The highest BCUT2D eigenvalue weighted by Gasteiger charge is 2.35. The molecule has 9 heteroatoms. The number of nitrogens with one attached hydrogen (secondary N) is 1. The van der Waals surface area contributed by atoms with Crippen molar-refractivity contribution >= 4 is 17.5 Å². The summed E-state index contributed by atoms with van der Waals surface area (Å²) in [5, 5.41) is 14.5. The van der Waals surface area contributed by atoms with E-state index >= 15 is 0 Å². The van der Waals surface area contributed by atoms with Crippen LogP contribution in [-0.4, -0.2) is 45.7 Å². The summed E-state index contributed by atoms with van der Waals surface area (Å²) in [5.74, 6) is 0.562.